The van der Waals surface area contributed by atoms with Gasteiger partial charge in [-0.15, -0.1) is 0 Å². The molecule has 96 valence electrons. The minimum Gasteiger partial charge on any atom is -0.338 e. The molecule has 1 atom stereocenters. The van der Waals surface area contributed by atoms with Gasteiger partial charge in [0, 0.05) is 19.6 Å². The fourth-order valence-corrected chi connectivity index (χ4v) is 3.00. The second kappa shape index (κ2) is 5.11. The SMILES string of the molecule is O=C([C@@H]1CCCNC1)N1CCc2ccccc2C1. The number of nitrogens with one attached hydrogen (secondary N) is 1. The van der Waals surface area contributed by atoms with Crippen LogP contribution in [0, 0.1) is 5.92 Å². The van der Waals surface area contributed by atoms with E-state index in [2.05, 4.69) is 29.6 Å². The minimum absolute atomic E-state index is 0.198. The predicted octanol–water partition coefficient (Wildman–Crippen LogP) is 1.57. The minimum atomic E-state index is 0.198. The summed E-state index contributed by atoms with van der Waals surface area (Å²) in [5, 5.41) is 3.33. The van der Waals surface area contributed by atoms with Crippen LogP contribution in [0.15, 0.2) is 24.3 Å². The molecule has 1 aromatic rings. The van der Waals surface area contributed by atoms with Gasteiger partial charge >= 0.3 is 0 Å². The Morgan fingerprint density at radius 3 is 2.89 bits per heavy atom. The number of amides is 1. The van der Waals surface area contributed by atoms with Gasteiger partial charge in [0.25, 0.3) is 0 Å². The summed E-state index contributed by atoms with van der Waals surface area (Å²) in [6, 6.07) is 8.48. The molecule has 1 N–H and O–H groups in total. The molecule has 1 aromatic carbocycles. The second-order valence-electron chi connectivity index (χ2n) is 5.32. The summed E-state index contributed by atoms with van der Waals surface area (Å²) < 4.78 is 0. The van der Waals surface area contributed by atoms with Crippen molar-refractivity contribution in [1.29, 1.82) is 0 Å². The number of hydrogen-bond acceptors (Lipinski definition) is 2. The van der Waals surface area contributed by atoms with Crippen molar-refractivity contribution in [3.05, 3.63) is 35.4 Å². The van der Waals surface area contributed by atoms with E-state index in [1.54, 1.807) is 0 Å². The Bertz CT molecular complexity index is 438. The van der Waals surface area contributed by atoms with Crippen molar-refractivity contribution in [2.24, 2.45) is 5.92 Å². The third-order valence-corrected chi connectivity index (χ3v) is 4.09. The van der Waals surface area contributed by atoms with E-state index < -0.39 is 0 Å². The Labute approximate surface area is 108 Å². The lowest BCUT2D eigenvalue weighted by Gasteiger charge is -2.33. The molecule has 0 radical (unpaired) electrons. The molecule has 2 aliphatic rings. The second-order valence-corrected chi connectivity index (χ2v) is 5.32. The molecule has 0 spiro atoms. The molecule has 2 aliphatic heterocycles. The first-order valence-corrected chi connectivity index (χ1v) is 6.91. The fraction of sp³-hybridized carbons (Fsp3) is 0.533. The molecule has 0 saturated carbocycles. The van der Waals surface area contributed by atoms with Crippen LogP contribution < -0.4 is 5.32 Å². The van der Waals surface area contributed by atoms with Crippen LogP contribution in [0.2, 0.25) is 0 Å². The molecule has 3 heteroatoms. The van der Waals surface area contributed by atoms with E-state index in [0.717, 1.165) is 45.4 Å². The number of carbonyl (C=O) groups excluding carboxylic acids is 1. The number of hydrogen-bond donors (Lipinski definition) is 1. The lowest BCUT2D eigenvalue weighted by Crippen LogP contribution is -2.44. The van der Waals surface area contributed by atoms with Crippen LogP contribution in [0.1, 0.15) is 24.0 Å². The normalized spacial score (nSPS) is 23.6. The van der Waals surface area contributed by atoms with Gasteiger partial charge in [-0.05, 0) is 36.9 Å². The van der Waals surface area contributed by atoms with E-state index in [4.69, 9.17) is 0 Å². The number of rotatable bonds is 1. The molecule has 3 nitrogen and oxygen atoms in total. The van der Waals surface area contributed by atoms with Gasteiger partial charge in [0.1, 0.15) is 0 Å². The van der Waals surface area contributed by atoms with Crippen molar-refractivity contribution < 1.29 is 4.79 Å². The van der Waals surface area contributed by atoms with Crippen LogP contribution in [-0.2, 0) is 17.8 Å². The third-order valence-electron chi connectivity index (χ3n) is 4.09. The van der Waals surface area contributed by atoms with Crippen LogP contribution in [0.5, 0.6) is 0 Å². The maximum Gasteiger partial charge on any atom is 0.227 e. The van der Waals surface area contributed by atoms with Crippen LogP contribution in [0.4, 0.5) is 0 Å². The molecule has 1 saturated heterocycles. The topological polar surface area (TPSA) is 32.3 Å². The molecule has 0 unspecified atom stereocenters. The Morgan fingerprint density at radius 2 is 2.11 bits per heavy atom. The molecule has 0 aliphatic carbocycles. The van der Waals surface area contributed by atoms with Crippen molar-refractivity contribution in [2.45, 2.75) is 25.8 Å². The van der Waals surface area contributed by atoms with Crippen molar-refractivity contribution in [1.82, 2.24) is 10.2 Å². The third kappa shape index (κ3) is 2.27. The van der Waals surface area contributed by atoms with Crippen molar-refractivity contribution in [2.75, 3.05) is 19.6 Å². The van der Waals surface area contributed by atoms with E-state index in [1.165, 1.54) is 11.1 Å². The molecule has 18 heavy (non-hydrogen) atoms. The zero-order chi connectivity index (χ0) is 12.4. The number of benzene rings is 1. The Kier molecular flexibility index (Phi) is 3.33. The quantitative estimate of drug-likeness (QED) is 0.813. The summed E-state index contributed by atoms with van der Waals surface area (Å²) >= 11 is 0. The molecule has 3 rings (SSSR count). The summed E-state index contributed by atoms with van der Waals surface area (Å²) in [7, 11) is 0. The highest BCUT2D eigenvalue weighted by atomic mass is 16.2. The van der Waals surface area contributed by atoms with Gasteiger partial charge in [0.05, 0.1) is 5.92 Å². The average Bonchev–Trinajstić information content (AvgIpc) is 2.47. The van der Waals surface area contributed by atoms with E-state index in [-0.39, 0.29) is 5.92 Å². The first-order chi connectivity index (χ1) is 8.84. The number of fused-ring (bicyclic) bond motifs is 1. The monoisotopic (exact) mass is 244 g/mol. The van der Waals surface area contributed by atoms with Crippen LogP contribution >= 0.6 is 0 Å². The molecule has 1 fully saturated rings. The molecule has 1 amide bonds. The molecule has 0 aromatic heterocycles. The first-order valence-electron chi connectivity index (χ1n) is 6.91. The maximum absolute atomic E-state index is 12.4. The molecular formula is C15H20N2O. The van der Waals surface area contributed by atoms with Gasteiger partial charge in [-0.25, -0.2) is 0 Å². The summed E-state index contributed by atoms with van der Waals surface area (Å²) in [6.07, 6.45) is 3.17. The fourth-order valence-electron chi connectivity index (χ4n) is 3.00. The van der Waals surface area contributed by atoms with Crippen LogP contribution in [0.25, 0.3) is 0 Å². The van der Waals surface area contributed by atoms with E-state index in [9.17, 15) is 4.79 Å². The van der Waals surface area contributed by atoms with E-state index in [1.807, 2.05) is 4.90 Å². The number of carbonyl (C=O) groups is 1. The van der Waals surface area contributed by atoms with Gasteiger partial charge in [0.15, 0.2) is 0 Å². The van der Waals surface area contributed by atoms with Crippen molar-refractivity contribution in [3.8, 4) is 0 Å². The largest absolute Gasteiger partial charge is 0.338 e. The molecular weight excluding hydrogens is 224 g/mol. The summed E-state index contributed by atoms with van der Waals surface area (Å²) in [4.78, 5) is 14.5. The van der Waals surface area contributed by atoms with Gasteiger partial charge in [0.2, 0.25) is 5.91 Å². The predicted molar refractivity (Wildman–Crippen MR) is 71.2 cm³/mol. The van der Waals surface area contributed by atoms with Crippen LogP contribution in [0.3, 0.4) is 0 Å². The standard InChI is InChI=1S/C15H20N2O/c18-15(13-6-3-8-16-10-13)17-9-7-12-4-1-2-5-14(12)11-17/h1-2,4-5,13,16H,3,6-11H2/t13-/m1/s1. The zero-order valence-corrected chi connectivity index (χ0v) is 10.7. The summed E-state index contributed by atoms with van der Waals surface area (Å²) in [5.74, 6) is 0.542. The highest BCUT2D eigenvalue weighted by Crippen LogP contribution is 2.21. The zero-order valence-electron chi connectivity index (χ0n) is 10.7. The Balaban J connectivity index is 1.69. The first kappa shape index (κ1) is 11.7. The summed E-state index contributed by atoms with van der Waals surface area (Å²) in [6.45, 7) is 3.60. The van der Waals surface area contributed by atoms with Gasteiger partial charge in [-0.3, -0.25) is 4.79 Å². The van der Waals surface area contributed by atoms with Gasteiger partial charge < -0.3 is 10.2 Å². The Hall–Kier alpha value is -1.35. The highest BCUT2D eigenvalue weighted by Gasteiger charge is 2.27. The average molecular weight is 244 g/mol. The number of piperidine rings is 1. The lowest BCUT2D eigenvalue weighted by molar-refractivity contribution is -0.137. The van der Waals surface area contributed by atoms with Gasteiger partial charge in [-0.2, -0.15) is 0 Å². The molecule has 0 bridgehead atoms. The number of nitrogens with zero attached hydrogens (tertiary/aromatic N) is 1. The molecule has 2 heterocycles. The van der Waals surface area contributed by atoms with E-state index >= 15 is 0 Å². The van der Waals surface area contributed by atoms with Crippen molar-refractivity contribution >= 4 is 5.91 Å². The van der Waals surface area contributed by atoms with Crippen LogP contribution in [-0.4, -0.2) is 30.4 Å². The summed E-state index contributed by atoms with van der Waals surface area (Å²) in [5.41, 5.74) is 2.73. The highest BCUT2D eigenvalue weighted by molar-refractivity contribution is 5.79. The maximum atomic E-state index is 12.4. The Morgan fingerprint density at radius 1 is 1.28 bits per heavy atom. The smallest absolute Gasteiger partial charge is 0.227 e. The lowest BCUT2D eigenvalue weighted by atomic mass is 9.95. The van der Waals surface area contributed by atoms with Crippen molar-refractivity contribution in [3.63, 3.8) is 0 Å². The van der Waals surface area contributed by atoms with E-state index in [0.29, 0.717) is 5.91 Å². The van der Waals surface area contributed by atoms with Gasteiger partial charge in [-0.1, -0.05) is 24.3 Å².